The Morgan fingerprint density at radius 2 is 2.20 bits per heavy atom. The second kappa shape index (κ2) is 4.23. The number of nitrogens with two attached hydrogens (primary N) is 1. The fourth-order valence-corrected chi connectivity index (χ4v) is 2.86. The molecule has 0 spiro atoms. The molecule has 20 heavy (non-hydrogen) atoms. The van der Waals surface area contributed by atoms with Gasteiger partial charge >= 0.3 is 0 Å². The van der Waals surface area contributed by atoms with Crippen LogP contribution in [0.4, 0.5) is 11.5 Å². The number of nitrogens with one attached hydrogen (secondary N) is 1. The van der Waals surface area contributed by atoms with Crippen LogP contribution in [0.1, 0.15) is 23.6 Å². The SMILES string of the molecule is Nc1ccc2c(c1)CCC2Nc1ccn2nccc2n1. The maximum absolute atomic E-state index is 5.84. The van der Waals surface area contributed by atoms with E-state index in [1.54, 1.807) is 10.7 Å². The van der Waals surface area contributed by atoms with E-state index in [-0.39, 0.29) is 0 Å². The van der Waals surface area contributed by atoms with Gasteiger partial charge in [0, 0.05) is 18.0 Å². The number of aryl methyl sites for hydroxylation is 1. The number of aromatic nitrogens is 3. The Kier molecular flexibility index (Phi) is 2.39. The van der Waals surface area contributed by atoms with Gasteiger partial charge in [0.05, 0.1) is 12.2 Å². The van der Waals surface area contributed by atoms with Crippen molar-refractivity contribution in [1.29, 1.82) is 0 Å². The van der Waals surface area contributed by atoms with Crippen LogP contribution in [0.2, 0.25) is 0 Å². The zero-order chi connectivity index (χ0) is 13.5. The molecule has 2 aromatic heterocycles. The van der Waals surface area contributed by atoms with Gasteiger partial charge in [-0.1, -0.05) is 6.07 Å². The smallest absolute Gasteiger partial charge is 0.157 e. The Bertz CT molecular complexity index is 777. The first kappa shape index (κ1) is 11.3. The second-order valence-corrected chi connectivity index (χ2v) is 5.14. The molecule has 100 valence electrons. The Morgan fingerprint density at radius 1 is 1.25 bits per heavy atom. The lowest BCUT2D eigenvalue weighted by molar-refractivity contribution is 0.756. The summed E-state index contributed by atoms with van der Waals surface area (Å²) in [6, 6.07) is 10.3. The molecule has 1 aliphatic rings. The fourth-order valence-electron chi connectivity index (χ4n) is 2.86. The van der Waals surface area contributed by atoms with Crippen LogP contribution in [0.3, 0.4) is 0 Å². The number of nitrogens with zero attached hydrogens (tertiary/aromatic N) is 3. The van der Waals surface area contributed by atoms with E-state index < -0.39 is 0 Å². The van der Waals surface area contributed by atoms with Crippen molar-refractivity contribution in [3.05, 3.63) is 53.9 Å². The van der Waals surface area contributed by atoms with Gasteiger partial charge in [0.25, 0.3) is 0 Å². The highest BCUT2D eigenvalue weighted by molar-refractivity contribution is 5.52. The topological polar surface area (TPSA) is 68.2 Å². The third-order valence-corrected chi connectivity index (χ3v) is 3.82. The average molecular weight is 265 g/mol. The summed E-state index contributed by atoms with van der Waals surface area (Å²) < 4.78 is 1.76. The van der Waals surface area contributed by atoms with Crippen LogP contribution in [-0.2, 0) is 6.42 Å². The molecule has 2 heterocycles. The van der Waals surface area contributed by atoms with Gasteiger partial charge in [0.15, 0.2) is 5.65 Å². The minimum atomic E-state index is 0.309. The third kappa shape index (κ3) is 1.79. The van der Waals surface area contributed by atoms with Crippen molar-refractivity contribution >= 4 is 17.2 Å². The van der Waals surface area contributed by atoms with Gasteiger partial charge in [-0.15, -0.1) is 0 Å². The van der Waals surface area contributed by atoms with Gasteiger partial charge in [-0.2, -0.15) is 5.10 Å². The van der Waals surface area contributed by atoms with E-state index in [9.17, 15) is 0 Å². The molecular weight excluding hydrogens is 250 g/mol. The van der Waals surface area contributed by atoms with Crippen LogP contribution in [-0.4, -0.2) is 14.6 Å². The zero-order valence-corrected chi connectivity index (χ0v) is 11.0. The Morgan fingerprint density at radius 3 is 3.15 bits per heavy atom. The molecule has 0 amide bonds. The van der Waals surface area contributed by atoms with Crippen LogP contribution in [0.25, 0.3) is 5.65 Å². The van der Waals surface area contributed by atoms with E-state index in [0.717, 1.165) is 30.0 Å². The van der Waals surface area contributed by atoms with Gasteiger partial charge in [-0.05, 0) is 42.2 Å². The molecular formula is C15H15N5. The van der Waals surface area contributed by atoms with Gasteiger partial charge < -0.3 is 11.1 Å². The maximum Gasteiger partial charge on any atom is 0.157 e. The highest BCUT2D eigenvalue weighted by Crippen LogP contribution is 2.34. The number of hydrogen-bond donors (Lipinski definition) is 2. The minimum absolute atomic E-state index is 0.309. The van der Waals surface area contributed by atoms with Crippen LogP contribution < -0.4 is 11.1 Å². The molecule has 3 N–H and O–H groups in total. The number of nitrogen functional groups attached to an aromatic ring is 1. The number of benzene rings is 1. The Labute approximate surface area is 116 Å². The highest BCUT2D eigenvalue weighted by atomic mass is 15.2. The minimum Gasteiger partial charge on any atom is -0.399 e. The summed E-state index contributed by atoms with van der Waals surface area (Å²) in [5.74, 6) is 0.882. The van der Waals surface area contributed by atoms with E-state index in [4.69, 9.17) is 5.73 Å². The molecule has 0 aliphatic heterocycles. The molecule has 1 aliphatic carbocycles. The fraction of sp³-hybridized carbons (Fsp3) is 0.200. The average Bonchev–Trinajstić information content (AvgIpc) is 3.05. The summed E-state index contributed by atoms with van der Waals surface area (Å²) in [4.78, 5) is 4.55. The molecule has 0 fully saturated rings. The standard InChI is InChI=1S/C15H15N5/c16-11-2-3-12-10(9-11)1-4-13(12)18-14-6-8-20-15(19-14)5-7-17-20/h2-3,5-9,13H,1,4,16H2,(H,18,19). The molecule has 1 unspecified atom stereocenters. The van der Waals surface area contributed by atoms with Crippen molar-refractivity contribution in [1.82, 2.24) is 14.6 Å². The van der Waals surface area contributed by atoms with Crippen LogP contribution in [0.5, 0.6) is 0 Å². The highest BCUT2D eigenvalue weighted by Gasteiger charge is 2.22. The molecule has 5 heteroatoms. The van der Waals surface area contributed by atoms with E-state index in [2.05, 4.69) is 27.5 Å². The second-order valence-electron chi connectivity index (χ2n) is 5.14. The predicted octanol–water partition coefficient (Wildman–Crippen LogP) is 2.41. The van der Waals surface area contributed by atoms with E-state index in [1.807, 2.05) is 24.4 Å². The quantitative estimate of drug-likeness (QED) is 0.698. The van der Waals surface area contributed by atoms with E-state index in [0.29, 0.717) is 6.04 Å². The first-order valence-electron chi connectivity index (χ1n) is 6.75. The summed E-state index contributed by atoms with van der Waals surface area (Å²) in [5.41, 5.74) is 10.2. The summed E-state index contributed by atoms with van der Waals surface area (Å²) in [6.45, 7) is 0. The largest absolute Gasteiger partial charge is 0.399 e. The maximum atomic E-state index is 5.84. The van der Waals surface area contributed by atoms with Gasteiger partial charge in [0.2, 0.25) is 0 Å². The van der Waals surface area contributed by atoms with Crippen molar-refractivity contribution in [3.8, 4) is 0 Å². The Balaban J connectivity index is 1.64. The van der Waals surface area contributed by atoms with Crippen molar-refractivity contribution in [2.75, 3.05) is 11.1 Å². The van der Waals surface area contributed by atoms with Crippen LogP contribution in [0, 0.1) is 0 Å². The van der Waals surface area contributed by atoms with Crippen molar-refractivity contribution < 1.29 is 0 Å². The lowest BCUT2D eigenvalue weighted by Crippen LogP contribution is -2.09. The number of fused-ring (bicyclic) bond motifs is 2. The van der Waals surface area contributed by atoms with Gasteiger partial charge in [0.1, 0.15) is 5.82 Å². The third-order valence-electron chi connectivity index (χ3n) is 3.82. The first-order chi connectivity index (χ1) is 9.79. The monoisotopic (exact) mass is 265 g/mol. The van der Waals surface area contributed by atoms with Gasteiger partial charge in [-0.3, -0.25) is 0 Å². The molecule has 5 nitrogen and oxygen atoms in total. The summed E-state index contributed by atoms with van der Waals surface area (Å²) >= 11 is 0. The van der Waals surface area contributed by atoms with E-state index >= 15 is 0 Å². The van der Waals surface area contributed by atoms with Crippen LogP contribution >= 0.6 is 0 Å². The predicted molar refractivity (Wildman–Crippen MR) is 78.5 cm³/mol. The summed E-state index contributed by atoms with van der Waals surface area (Å²) in [6.07, 6.45) is 5.81. The van der Waals surface area contributed by atoms with Gasteiger partial charge in [-0.25, -0.2) is 9.50 Å². The Hall–Kier alpha value is -2.56. The summed E-state index contributed by atoms with van der Waals surface area (Å²) in [7, 11) is 0. The normalized spacial score (nSPS) is 17.3. The lowest BCUT2D eigenvalue weighted by atomic mass is 10.1. The number of rotatable bonds is 2. The number of anilines is 2. The molecule has 1 aromatic carbocycles. The van der Waals surface area contributed by atoms with Crippen molar-refractivity contribution in [3.63, 3.8) is 0 Å². The zero-order valence-electron chi connectivity index (χ0n) is 11.0. The number of hydrogen-bond acceptors (Lipinski definition) is 4. The van der Waals surface area contributed by atoms with E-state index in [1.165, 1.54) is 11.1 Å². The molecule has 4 rings (SSSR count). The molecule has 0 bridgehead atoms. The molecule has 0 saturated carbocycles. The first-order valence-corrected chi connectivity index (χ1v) is 6.75. The molecule has 0 radical (unpaired) electrons. The molecule has 3 aromatic rings. The lowest BCUT2D eigenvalue weighted by Gasteiger charge is -2.15. The van der Waals surface area contributed by atoms with Crippen molar-refractivity contribution in [2.45, 2.75) is 18.9 Å². The molecule has 1 atom stereocenters. The molecule has 0 saturated heterocycles. The van der Waals surface area contributed by atoms with Crippen molar-refractivity contribution in [2.24, 2.45) is 0 Å². The van der Waals surface area contributed by atoms with Crippen LogP contribution in [0.15, 0.2) is 42.7 Å². The summed E-state index contributed by atoms with van der Waals surface area (Å²) in [5, 5.41) is 7.66.